The standard InChI is InChI=1S/C9H7N.C3H8O.Th/c1-2-6-9-8(4-1)5-3-7-10-9;1-3(2)4;/h1-7H;3-4H,1-2H3;. The maximum absolute atomic E-state index is 8.06. The van der Waals surface area contributed by atoms with Crippen molar-refractivity contribution >= 4 is 10.9 Å². The molecular formula is C12H15NOTh. The van der Waals surface area contributed by atoms with Gasteiger partial charge in [0.15, 0.2) is 0 Å². The summed E-state index contributed by atoms with van der Waals surface area (Å²) in [5, 5.41) is 9.25. The molecular weight excluding hydrogens is 406 g/mol. The van der Waals surface area contributed by atoms with E-state index >= 15 is 0 Å². The normalized spacial score (nSPS) is 9.07. The SMILES string of the molecule is CC(C)O.[Th].c1ccc2ncccc2c1. The number of rotatable bonds is 0. The summed E-state index contributed by atoms with van der Waals surface area (Å²) in [6.45, 7) is 3.44. The maximum atomic E-state index is 8.06. The fourth-order valence-electron chi connectivity index (χ4n) is 1.02. The molecule has 1 heterocycles. The first kappa shape index (κ1) is 14.9. The molecule has 0 bridgehead atoms. The van der Waals surface area contributed by atoms with Crippen LogP contribution in [0.3, 0.4) is 0 Å². The third-order valence-electron chi connectivity index (χ3n) is 1.51. The van der Waals surface area contributed by atoms with Gasteiger partial charge >= 0.3 is 0 Å². The van der Waals surface area contributed by atoms with Crippen LogP contribution in [-0.4, -0.2) is 16.2 Å². The minimum atomic E-state index is -0.167. The summed E-state index contributed by atoms with van der Waals surface area (Å²) in [5.74, 6) is 0. The third kappa shape index (κ3) is 6.15. The molecule has 0 aliphatic carbocycles. The van der Waals surface area contributed by atoms with Gasteiger partial charge in [0, 0.05) is 57.6 Å². The van der Waals surface area contributed by atoms with Gasteiger partial charge in [-0.25, -0.2) is 0 Å². The van der Waals surface area contributed by atoms with Gasteiger partial charge in [0.25, 0.3) is 0 Å². The summed E-state index contributed by atoms with van der Waals surface area (Å²) in [6, 6.07) is 12.1. The Hall–Kier alpha value is -0.0853. The van der Waals surface area contributed by atoms with Crippen LogP contribution in [0.15, 0.2) is 42.6 Å². The number of hydrogen-bond acceptors (Lipinski definition) is 2. The molecule has 0 spiro atoms. The van der Waals surface area contributed by atoms with Gasteiger partial charge in [0.05, 0.1) is 5.52 Å². The minimum absolute atomic E-state index is 0. The Labute approximate surface area is 122 Å². The molecule has 2 nitrogen and oxygen atoms in total. The van der Waals surface area contributed by atoms with Crippen LogP contribution in [0.2, 0.25) is 0 Å². The minimum Gasteiger partial charge on any atom is -0.394 e. The van der Waals surface area contributed by atoms with Crippen molar-refractivity contribution in [1.82, 2.24) is 4.98 Å². The number of para-hydroxylation sites is 1. The first-order valence-corrected chi connectivity index (χ1v) is 4.68. The molecule has 3 heteroatoms. The van der Waals surface area contributed by atoms with Gasteiger partial charge in [-0.15, -0.1) is 0 Å². The molecule has 1 aromatic carbocycles. The first-order valence-electron chi connectivity index (χ1n) is 4.68. The smallest absolute Gasteiger partial charge is 0.0701 e. The van der Waals surface area contributed by atoms with E-state index in [-0.39, 0.29) is 46.0 Å². The molecule has 0 aliphatic heterocycles. The predicted molar refractivity (Wildman–Crippen MR) is 59.1 cm³/mol. The van der Waals surface area contributed by atoms with E-state index in [1.54, 1.807) is 13.8 Å². The van der Waals surface area contributed by atoms with Gasteiger partial charge in [0.2, 0.25) is 0 Å². The number of aliphatic hydroxyl groups is 1. The number of hydrogen-bond donors (Lipinski definition) is 1. The van der Waals surface area contributed by atoms with E-state index in [0.717, 1.165) is 5.52 Å². The zero-order valence-corrected chi connectivity index (χ0v) is 13.1. The van der Waals surface area contributed by atoms with Crippen molar-refractivity contribution in [3.8, 4) is 0 Å². The topological polar surface area (TPSA) is 33.1 Å². The van der Waals surface area contributed by atoms with E-state index in [2.05, 4.69) is 17.1 Å². The number of pyridine rings is 1. The number of fused-ring (bicyclic) bond motifs is 1. The van der Waals surface area contributed by atoms with Crippen LogP contribution >= 0.6 is 0 Å². The molecule has 0 radical (unpaired) electrons. The fourth-order valence-corrected chi connectivity index (χ4v) is 1.02. The summed E-state index contributed by atoms with van der Waals surface area (Å²) in [4.78, 5) is 4.18. The number of benzene rings is 1. The fraction of sp³-hybridized carbons (Fsp3) is 0.250. The van der Waals surface area contributed by atoms with Crippen LogP contribution in [0, 0.1) is 39.9 Å². The summed E-state index contributed by atoms with van der Waals surface area (Å²) in [6.07, 6.45) is 1.64. The van der Waals surface area contributed by atoms with Crippen molar-refractivity contribution in [2.75, 3.05) is 0 Å². The van der Waals surface area contributed by atoms with Gasteiger partial charge in [-0.3, -0.25) is 4.98 Å². The van der Waals surface area contributed by atoms with E-state index in [4.69, 9.17) is 5.11 Å². The predicted octanol–water partition coefficient (Wildman–Crippen LogP) is 2.62. The molecule has 0 saturated heterocycles. The Morgan fingerprint density at radius 1 is 1.07 bits per heavy atom. The molecule has 2 aromatic rings. The van der Waals surface area contributed by atoms with Crippen LogP contribution in [0.5, 0.6) is 0 Å². The summed E-state index contributed by atoms with van der Waals surface area (Å²) < 4.78 is 0. The van der Waals surface area contributed by atoms with Crippen molar-refractivity contribution in [2.24, 2.45) is 0 Å². The number of nitrogens with zero attached hydrogens (tertiary/aromatic N) is 1. The first-order chi connectivity index (χ1) is 6.70. The second kappa shape index (κ2) is 8.11. The Balaban J connectivity index is 0.000000346. The van der Waals surface area contributed by atoms with Crippen LogP contribution in [0.25, 0.3) is 10.9 Å². The largest absolute Gasteiger partial charge is 0.394 e. The van der Waals surface area contributed by atoms with Gasteiger partial charge < -0.3 is 5.11 Å². The van der Waals surface area contributed by atoms with Gasteiger partial charge in [-0.2, -0.15) is 0 Å². The molecule has 78 valence electrons. The van der Waals surface area contributed by atoms with Crippen molar-refractivity contribution in [3.05, 3.63) is 42.6 Å². The second-order valence-electron chi connectivity index (χ2n) is 3.29. The Bertz CT molecular complexity index is 322. The quantitative estimate of drug-likeness (QED) is 0.710. The van der Waals surface area contributed by atoms with Crippen molar-refractivity contribution in [2.45, 2.75) is 20.0 Å². The molecule has 0 fully saturated rings. The molecule has 0 aliphatic rings. The Morgan fingerprint density at radius 3 is 2.20 bits per heavy atom. The summed E-state index contributed by atoms with van der Waals surface area (Å²) in [7, 11) is 0. The number of aliphatic hydroxyl groups excluding tert-OH is 1. The molecule has 0 unspecified atom stereocenters. The van der Waals surface area contributed by atoms with Gasteiger partial charge in [-0.05, 0) is 26.0 Å². The Kier molecular flexibility index (Phi) is 8.07. The van der Waals surface area contributed by atoms with Crippen molar-refractivity contribution < 1.29 is 45.0 Å². The summed E-state index contributed by atoms with van der Waals surface area (Å²) in [5.41, 5.74) is 1.06. The van der Waals surface area contributed by atoms with Gasteiger partial charge in [0.1, 0.15) is 0 Å². The molecule has 1 aromatic heterocycles. The second-order valence-corrected chi connectivity index (χ2v) is 3.29. The van der Waals surface area contributed by atoms with Crippen molar-refractivity contribution in [3.63, 3.8) is 0 Å². The van der Waals surface area contributed by atoms with Gasteiger partial charge in [-0.1, -0.05) is 24.3 Å². The van der Waals surface area contributed by atoms with E-state index in [1.807, 2.05) is 30.5 Å². The molecule has 0 atom stereocenters. The maximum Gasteiger partial charge on any atom is 0.0701 e. The molecule has 2 rings (SSSR count). The molecule has 15 heavy (non-hydrogen) atoms. The zero-order valence-electron chi connectivity index (χ0n) is 9.01. The van der Waals surface area contributed by atoms with Crippen LogP contribution in [-0.2, 0) is 0 Å². The Morgan fingerprint density at radius 2 is 1.60 bits per heavy atom. The number of aromatic nitrogens is 1. The summed E-state index contributed by atoms with van der Waals surface area (Å²) >= 11 is 0. The molecule has 1 N–H and O–H groups in total. The van der Waals surface area contributed by atoms with Crippen LogP contribution < -0.4 is 0 Å². The van der Waals surface area contributed by atoms with E-state index in [9.17, 15) is 0 Å². The third-order valence-corrected chi connectivity index (χ3v) is 1.51. The van der Waals surface area contributed by atoms with E-state index in [1.165, 1.54) is 5.39 Å². The van der Waals surface area contributed by atoms with Crippen LogP contribution in [0.4, 0.5) is 0 Å². The van der Waals surface area contributed by atoms with Crippen LogP contribution in [0.1, 0.15) is 13.8 Å². The molecule has 0 amide bonds. The van der Waals surface area contributed by atoms with Crippen molar-refractivity contribution in [1.29, 1.82) is 0 Å². The van der Waals surface area contributed by atoms with E-state index < -0.39 is 0 Å². The monoisotopic (exact) mass is 421 g/mol. The molecule has 0 saturated carbocycles. The average Bonchev–Trinajstić information content (AvgIpc) is 2.17. The van der Waals surface area contributed by atoms with E-state index in [0.29, 0.717) is 0 Å². The zero-order chi connectivity index (χ0) is 10.4. The average molecular weight is 421 g/mol.